The van der Waals surface area contributed by atoms with E-state index in [-0.39, 0.29) is 11.3 Å². The van der Waals surface area contributed by atoms with Crippen molar-refractivity contribution in [2.24, 2.45) is 5.92 Å². The molecule has 0 radical (unpaired) electrons. The number of rotatable bonds is 4. The van der Waals surface area contributed by atoms with Crippen molar-refractivity contribution in [3.05, 3.63) is 65.2 Å². The number of halogens is 6. The van der Waals surface area contributed by atoms with Crippen molar-refractivity contribution in [3.63, 3.8) is 0 Å². The van der Waals surface area contributed by atoms with E-state index in [2.05, 4.69) is 0 Å². The summed E-state index contributed by atoms with van der Waals surface area (Å²) in [6.45, 7) is 0. The third-order valence-corrected chi connectivity index (χ3v) is 4.05. The van der Waals surface area contributed by atoms with E-state index in [9.17, 15) is 41.2 Å². The molecule has 0 aliphatic heterocycles. The summed E-state index contributed by atoms with van der Waals surface area (Å²) >= 11 is 0. The Hall–Kier alpha value is -3.35. The van der Waals surface area contributed by atoms with Crippen molar-refractivity contribution in [2.75, 3.05) is 11.9 Å². The van der Waals surface area contributed by atoms with Crippen molar-refractivity contribution in [3.8, 4) is 6.07 Å². The SMILES string of the molecule is CN(C(=O)C(C#N)C(=O)c1ccc(C(F)(F)F)cc1)c1ccc(C(F)(F)F)cc1. The van der Waals surface area contributed by atoms with Crippen LogP contribution in [0.2, 0.25) is 0 Å². The van der Waals surface area contributed by atoms with Gasteiger partial charge in [0.05, 0.1) is 17.2 Å². The topological polar surface area (TPSA) is 61.2 Å². The molecule has 1 unspecified atom stereocenters. The normalized spacial score (nSPS) is 12.8. The van der Waals surface area contributed by atoms with Crippen molar-refractivity contribution in [1.82, 2.24) is 0 Å². The summed E-state index contributed by atoms with van der Waals surface area (Å²) in [5, 5.41) is 9.21. The molecule has 152 valence electrons. The fourth-order valence-electron chi connectivity index (χ4n) is 2.41. The van der Waals surface area contributed by atoms with Gasteiger partial charge in [0.15, 0.2) is 11.7 Å². The molecule has 0 aromatic heterocycles. The summed E-state index contributed by atoms with van der Waals surface area (Å²) in [6.07, 6.45) is -9.19. The predicted molar refractivity (Wildman–Crippen MR) is 89.7 cm³/mol. The first-order valence-electron chi connectivity index (χ1n) is 7.92. The van der Waals surface area contributed by atoms with Crippen LogP contribution in [-0.2, 0) is 17.1 Å². The second-order valence-electron chi connectivity index (χ2n) is 5.94. The van der Waals surface area contributed by atoms with Gasteiger partial charge in [0.1, 0.15) is 0 Å². The molecule has 10 heteroatoms. The van der Waals surface area contributed by atoms with Crippen LogP contribution in [0.5, 0.6) is 0 Å². The van der Waals surface area contributed by atoms with Gasteiger partial charge in [-0.25, -0.2) is 0 Å². The van der Waals surface area contributed by atoms with Crippen molar-refractivity contribution < 1.29 is 35.9 Å². The number of benzene rings is 2. The molecule has 0 N–H and O–H groups in total. The zero-order valence-corrected chi connectivity index (χ0v) is 14.7. The van der Waals surface area contributed by atoms with Crippen molar-refractivity contribution >= 4 is 17.4 Å². The Balaban J connectivity index is 2.23. The molecule has 0 aliphatic rings. The summed E-state index contributed by atoms with van der Waals surface area (Å²) in [4.78, 5) is 25.7. The average molecular weight is 414 g/mol. The van der Waals surface area contributed by atoms with E-state index in [0.29, 0.717) is 12.1 Å². The highest BCUT2D eigenvalue weighted by atomic mass is 19.4. The molecule has 0 saturated heterocycles. The van der Waals surface area contributed by atoms with E-state index >= 15 is 0 Å². The Kier molecular flexibility index (Phi) is 6.01. The van der Waals surface area contributed by atoms with Gasteiger partial charge in [0.2, 0.25) is 0 Å². The maximum atomic E-state index is 12.6. The molecule has 1 amide bonds. The van der Waals surface area contributed by atoms with Crippen LogP contribution in [0.1, 0.15) is 21.5 Å². The standard InChI is InChI=1S/C19H12F6N2O2/c1-27(14-8-6-13(7-9-14)19(23,24)25)17(29)15(10-26)16(28)11-2-4-12(5-3-11)18(20,21)22/h2-9,15H,1H3. The number of ketones is 1. The summed E-state index contributed by atoms with van der Waals surface area (Å²) in [6, 6.07) is 7.94. The number of hydrogen-bond donors (Lipinski definition) is 0. The van der Waals surface area contributed by atoms with Crippen LogP contribution in [0.25, 0.3) is 0 Å². The Morgan fingerprint density at radius 3 is 1.66 bits per heavy atom. The average Bonchev–Trinajstić information content (AvgIpc) is 2.66. The first-order chi connectivity index (χ1) is 13.4. The Bertz CT molecular complexity index is 941. The minimum Gasteiger partial charge on any atom is -0.314 e. The number of nitrogens with zero attached hydrogens (tertiary/aromatic N) is 2. The van der Waals surface area contributed by atoms with Gasteiger partial charge in [0.25, 0.3) is 5.91 Å². The van der Waals surface area contributed by atoms with Gasteiger partial charge in [0, 0.05) is 18.3 Å². The quantitative estimate of drug-likeness (QED) is 0.414. The molecule has 0 spiro atoms. The van der Waals surface area contributed by atoms with E-state index in [0.717, 1.165) is 48.3 Å². The summed E-state index contributed by atoms with van der Waals surface area (Å²) in [7, 11) is 1.16. The summed E-state index contributed by atoms with van der Waals surface area (Å²) in [5.41, 5.74) is -2.22. The van der Waals surface area contributed by atoms with Gasteiger partial charge in [-0.05, 0) is 36.4 Å². The van der Waals surface area contributed by atoms with Crippen LogP contribution in [-0.4, -0.2) is 18.7 Å². The highest BCUT2D eigenvalue weighted by Crippen LogP contribution is 2.31. The fourth-order valence-corrected chi connectivity index (χ4v) is 2.41. The summed E-state index contributed by atoms with van der Waals surface area (Å²) in [5.74, 6) is -3.93. The molecule has 2 aromatic carbocycles. The second-order valence-corrected chi connectivity index (χ2v) is 5.94. The Morgan fingerprint density at radius 2 is 1.28 bits per heavy atom. The molecule has 2 aromatic rings. The van der Waals surface area contributed by atoms with Crippen LogP contribution in [0.15, 0.2) is 48.5 Å². The smallest absolute Gasteiger partial charge is 0.314 e. The van der Waals surface area contributed by atoms with Gasteiger partial charge in [-0.15, -0.1) is 0 Å². The van der Waals surface area contributed by atoms with Crippen LogP contribution in [0, 0.1) is 17.2 Å². The highest BCUT2D eigenvalue weighted by molar-refractivity contribution is 6.16. The second kappa shape index (κ2) is 7.95. The number of carbonyl (C=O) groups is 2. The number of amides is 1. The first kappa shape index (κ1) is 21.9. The number of nitriles is 1. The molecule has 0 heterocycles. The van der Waals surface area contributed by atoms with E-state index in [1.165, 1.54) is 6.07 Å². The fraction of sp³-hybridized carbons (Fsp3) is 0.211. The van der Waals surface area contributed by atoms with Crippen molar-refractivity contribution in [1.29, 1.82) is 5.26 Å². The molecule has 29 heavy (non-hydrogen) atoms. The van der Waals surface area contributed by atoms with Gasteiger partial charge in [-0.2, -0.15) is 31.6 Å². The molecule has 0 saturated carbocycles. The van der Waals surface area contributed by atoms with E-state index in [1.807, 2.05) is 0 Å². The Morgan fingerprint density at radius 1 is 0.862 bits per heavy atom. The number of Topliss-reactive ketones (excluding diaryl/α,β-unsaturated/α-hetero) is 1. The lowest BCUT2D eigenvalue weighted by molar-refractivity contribution is -0.138. The minimum absolute atomic E-state index is 0.00321. The lowest BCUT2D eigenvalue weighted by atomic mass is 9.96. The zero-order valence-electron chi connectivity index (χ0n) is 14.7. The third-order valence-electron chi connectivity index (χ3n) is 4.05. The van der Waals surface area contributed by atoms with Crippen LogP contribution >= 0.6 is 0 Å². The number of hydrogen-bond acceptors (Lipinski definition) is 3. The van der Waals surface area contributed by atoms with Gasteiger partial charge in [-0.3, -0.25) is 9.59 Å². The number of alkyl halides is 6. The molecule has 4 nitrogen and oxygen atoms in total. The van der Waals surface area contributed by atoms with Crippen molar-refractivity contribution in [2.45, 2.75) is 12.4 Å². The minimum atomic E-state index is -4.62. The van der Waals surface area contributed by atoms with Gasteiger partial charge < -0.3 is 4.90 Å². The molecule has 0 aliphatic carbocycles. The molecule has 2 rings (SSSR count). The lowest BCUT2D eigenvalue weighted by Crippen LogP contribution is -2.36. The predicted octanol–water partition coefficient (Wildman–Crippen LogP) is 4.71. The maximum absolute atomic E-state index is 12.6. The van der Waals surface area contributed by atoms with E-state index in [1.54, 1.807) is 0 Å². The molecule has 0 fully saturated rings. The molecular formula is C19H12F6N2O2. The highest BCUT2D eigenvalue weighted by Gasteiger charge is 2.34. The van der Waals surface area contributed by atoms with Crippen LogP contribution < -0.4 is 4.90 Å². The van der Waals surface area contributed by atoms with Gasteiger partial charge in [-0.1, -0.05) is 12.1 Å². The third kappa shape index (κ3) is 4.93. The molecule has 0 bridgehead atoms. The maximum Gasteiger partial charge on any atom is 0.416 e. The van der Waals surface area contributed by atoms with Crippen LogP contribution in [0.4, 0.5) is 32.0 Å². The van der Waals surface area contributed by atoms with Gasteiger partial charge >= 0.3 is 12.4 Å². The molecular weight excluding hydrogens is 402 g/mol. The lowest BCUT2D eigenvalue weighted by Gasteiger charge is -2.20. The monoisotopic (exact) mass is 414 g/mol. The van der Waals surface area contributed by atoms with E-state index in [4.69, 9.17) is 0 Å². The number of anilines is 1. The number of carbonyl (C=O) groups excluding carboxylic acids is 2. The summed E-state index contributed by atoms with van der Waals surface area (Å²) < 4.78 is 75.7. The first-order valence-corrected chi connectivity index (χ1v) is 7.92. The van der Waals surface area contributed by atoms with E-state index < -0.39 is 41.1 Å². The zero-order chi connectivity index (χ0) is 22.0. The largest absolute Gasteiger partial charge is 0.416 e. The molecule has 1 atom stereocenters. The Labute approximate surface area is 161 Å². The van der Waals surface area contributed by atoms with Crippen LogP contribution in [0.3, 0.4) is 0 Å².